The molecule has 0 saturated carbocycles. The van der Waals surface area contributed by atoms with Gasteiger partial charge in [0.05, 0.1) is 18.1 Å². The lowest BCUT2D eigenvalue weighted by Crippen LogP contribution is -2.50. The molecule has 2 heterocycles. The third-order valence-corrected chi connectivity index (χ3v) is 4.59. The predicted molar refractivity (Wildman–Crippen MR) is 75.1 cm³/mol. The molecule has 1 saturated heterocycles. The molecule has 0 radical (unpaired) electrons. The number of aromatic nitrogens is 1. The minimum Gasteiger partial charge on any atom is -0.384 e. The molecule has 1 aromatic heterocycles. The van der Waals surface area contributed by atoms with Gasteiger partial charge in [0.1, 0.15) is 5.01 Å². The molecular weight excluding hydrogens is 262 g/mol. The second kappa shape index (κ2) is 6.45. The summed E-state index contributed by atoms with van der Waals surface area (Å²) in [5, 5.41) is 9.23. The fourth-order valence-electron chi connectivity index (χ4n) is 2.48. The summed E-state index contributed by atoms with van der Waals surface area (Å²) >= 11 is 1.56. The van der Waals surface area contributed by atoms with E-state index in [2.05, 4.69) is 15.6 Å². The molecule has 0 aromatic carbocycles. The summed E-state index contributed by atoms with van der Waals surface area (Å²) in [5.74, 6) is 0.0820. The van der Waals surface area contributed by atoms with E-state index in [-0.39, 0.29) is 11.9 Å². The summed E-state index contributed by atoms with van der Waals surface area (Å²) in [6.45, 7) is 4.17. The Labute approximate surface area is 117 Å². The standard InChI is InChI=1S/C13H21N3O2S/c1-10(11-15-7-8-19-11)16-12(17)13(9-18-2)3-5-14-6-4-13/h7-8,10,14H,3-6,9H2,1-2H3,(H,16,17). The average molecular weight is 283 g/mol. The first kappa shape index (κ1) is 14.4. The van der Waals surface area contributed by atoms with Gasteiger partial charge in [-0.25, -0.2) is 4.98 Å². The Balaban J connectivity index is 2.03. The van der Waals surface area contributed by atoms with Crippen molar-refractivity contribution in [2.24, 2.45) is 5.41 Å². The van der Waals surface area contributed by atoms with Gasteiger partial charge in [-0.2, -0.15) is 0 Å². The van der Waals surface area contributed by atoms with Gasteiger partial charge < -0.3 is 15.4 Å². The highest BCUT2D eigenvalue weighted by Gasteiger charge is 2.40. The van der Waals surface area contributed by atoms with Crippen LogP contribution in [0, 0.1) is 5.41 Å². The molecule has 2 N–H and O–H groups in total. The van der Waals surface area contributed by atoms with Crippen molar-refractivity contribution in [2.45, 2.75) is 25.8 Å². The van der Waals surface area contributed by atoms with E-state index in [1.807, 2.05) is 12.3 Å². The maximum Gasteiger partial charge on any atom is 0.229 e. The van der Waals surface area contributed by atoms with Gasteiger partial charge in [-0.3, -0.25) is 4.79 Å². The number of carbonyl (C=O) groups is 1. The molecule has 1 aromatic rings. The molecule has 6 heteroatoms. The number of thiazole rings is 1. The van der Waals surface area contributed by atoms with Crippen molar-refractivity contribution in [2.75, 3.05) is 26.8 Å². The number of nitrogens with zero attached hydrogens (tertiary/aromatic N) is 1. The molecule has 19 heavy (non-hydrogen) atoms. The molecule has 1 amide bonds. The number of hydrogen-bond donors (Lipinski definition) is 2. The normalized spacial score (nSPS) is 19.9. The Kier molecular flexibility index (Phi) is 4.90. The topological polar surface area (TPSA) is 63.2 Å². The average Bonchev–Trinajstić information content (AvgIpc) is 2.94. The highest BCUT2D eigenvalue weighted by Crippen LogP contribution is 2.30. The fourth-order valence-corrected chi connectivity index (χ4v) is 3.12. The first-order valence-corrected chi connectivity index (χ1v) is 7.46. The number of amides is 1. The highest BCUT2D eigenvalue weighted by atomic mass is 32.1. The van der Waals surface area contributed by atoms with Crippen LogP contribution in [0.25, 0.3) is 0 Å². The van der Waals surface area contributed by atoms with Crippen molar-refractivity contribution in [3.05, 3.63) is 16.6 Å². The zero-order valence-corrected chi connectivity index (χ0v) is 12.3. The van der Waals surface area contributed by atoms with Crippen LogP contribution in [-0.2, 0) is 9.53 Å². The van der Waals surface area contributed by atoms with Crippen LogP contribution in [0.5, 0.6) is 0 Å². The van der Waals surface area contributed by atoms with Crippen LogP contribution in [0.1, 0.15) is 30.8 Å². The van der Waals surface area contributed by atoms with Gasteiger partial charge in [-0.15, -0.1) is 11.3 Å². The van der Waals surface area contributed by atoms with Gasteiger partial charge in [0.25, 0.3) is 0 Å². The van der Waals surface area contributed by atoms with Gasteiger partial charge >= 0.3 is 0 Å². The van der Waals surface area contributed by atoms with Gasteiger partial charge in [0.2, 0.25) is 5.91 Å². The van der Waals surface area contributed by atoms with Crippen LogP contribution in [0.2, 0.25) is 0 Å². The number of methoxy groups -OCH3 is 1. The van der Waals surface area contributed by atoms with E-state index >= 15 is 0 Å². The molecular formula is C13H21N3O2S. The van der Waals surface area contributed by atoms with E-state index in [0.717, 1.165) is 30.9 Å². The summed E-state index contributed by atoms with van der Waals surface area (Å²) in [6, 6.07) is -0.0453. The summed E-state index contributed by atoms with van der Waals surface area (Å²) < 4.78 is 5.28. The number of carbonyl (C=O) groups excluding carboxylic acids is 1. The lowest BCUT2D eigenvalue weighted by molar-refractivity contribution is -0.136. The molecule has 0 spiro atoms. The van der Waals surface area contributed by atoms with Crippen LogP contribution < -0.4 is 10.6 Å². The molecule has 1 aliphatic heterocycles. The van der Waals surface area contributed by atoms with Gasteiger partial charge in [-0.1, -0.05) is 0 Å². The number of ether oxygens (including phenoxy) is 1. The summed E-state index contributed by atoms with van der Waals surface area (Å²) in [7, 11) is 1.65. The fraction of sp³-hybridized carbons (Fsp3) is 0.692. The molecule has 1 aliphatic rings. The maximum absolute atomic E-state index is 12.6. The van der Waals surface area contributed by atoms with Gasteiger partial charge in [0.15, 0.2) is 0 Å². The Morgan fingerprint density at radius 2 is 2.37 bits per heavy atom. The van der Waals surface area contributed by atoms with Crippen LogP contribution in [0.4, 0.5) is 0 Å². The van der Waals surface area contributed by atoms with E-state index in [1.165, 1.54) is 0 Å². The zero-order chi connectivity index (χ0) is 13.7. The van der Waals surface area contributed by atoms with E-state index in [0.29, 0.717) is 6.61 Å². The minimum atomic E-state index is -0.397. The minimum absolute atomic E-state index is 0.0453. The quantitative estimate of drug-likeness (QED) is 0.856. The smallest absolute Gasteiger partial charge is 0.229 e. The van der Waals surface area contributed by atoms with Crippen molar-refractivity contribution in [1.29, 1.82) is 0 Å². The molecule has 0 aliphatic carbocycles. The molecule has 0 bridgehead atoms. The molecule has 106 valence electrons. The molecule has 2 rings (SSSR count). The Morgan fingerprint density at radius 1 is 1.63 bits per heavy atom. The van der Waals surface area contributed by atoms with Gasteiger partial charge in [-0.05, 0) is 32.9 Å². The van der Waals surface area contributed by atoms with Crippen molar-refractivity contribution in [1.82, 2.24) is 15.6 Å². The Hall–Kier alpha value is -0.980. The largest absolute Gasteiger partial charge is 0.384 e. The van der Waals surface area contributed by atoms with Crippen molar-refractivity contribution < 1.29 is 9.53 Å². The lowest BCUT2D eigenvalue weighted by atomic mass is 9.78. The first-order chi connectivity index (χ1) is 9.18. The molecule has 1 unspecified atom stereocenters. The van der Waals surface area contributed by atoms with Crippen molar-refractivity contribution >= 4 is 17.2 Å². The number of hydrogen-bond acceptors (Lipinski definition) is 5. The van der Waals surface area contributed by atoms with Crippen LogP contribution in [-0.4, -0.2) is 37.7 Å². The molecule has 1 fully saturated rings. The summed E-state index contributed by atoms with van der Waals surface area (Å²) in [5.41, 5.74) is -0.397. The number of nitrogens with one attached hydrogen (secondary N) is 2. The lowest BCUT2D eigenvalue weighted by Gasteiger charge is -2.36. The SMILES string of the molecule is COCC1(C(=O)NC(C)c2nccs2)CCNCC1. The number of rotatable bonds is 5. The second-order valence-corrected chi connectivity index (χ2v) is 5.95. The van der Waals surface area contributed by atoms with Crippen LogP contribution >= 0.6 is 11.3 Å². The molecule has 1 atom stereocenters. The van der Waals surface area contributed by atoms with E-state index in [9.17, 15) is 4.79 Å². The Morgan fingerprint density at radius 3 is 2.95 bits per heavy atom. The van der Waals surface area contributed by atoms with Crippen molar-refractivity contribution in [3.63, 3.8) is 0 Å². The first-order valence-electron chi connectivity index (χ1n) is 6.58. The van der Waals surface area contributed by atoms with Crippen LogP contribution in [0.3, 0.4) is 0 Å². The van der Waals surface area contributed by atoms with Gasteiger partial charge in [0, 0.05) is 18.7 Å². The zero-order valence-electron chi connectivity index (χ0n) is 11.4. The maximum atomic E-state index is 12.6. The summed E-state index contributed by atoms with van der Waals surface area (Å²) in [6.07, 6.45) is 3.40. The number of piperidine rings is 1. The van der Waals surface area contributed by atoms with Crippen molar-refractivity contribution in [3.8, 4) is 0 Å². The summed E-state index contributed by atoms with van der Waals surface area (Å²) in [4.78, 5) is 16.8. The van der Waals surface area contributed by atoms with E-state index < -0.39 is 5.41 Å². The van der Waals surface area contributed by atoms with Crippen LogP contribution in [0.15, 0.2) is 11.6 Å². The highest BCUT2D eigenvalue weighted by molar-refractivity contribution is 7.09. The second-order valence-electron chi connectivity index (χ2n) is 5.03. The molecule has 5 nitrogen and oxygen atoms in total. The third kappa shape index (κ3) is 3.32. The van der Waals surface area contributed by atoms with E-state index in [1.54, 1.807) is 24.6 Å². The third-order valence-electron chi connectivity index (χ3n) is 3.63. The Bertz CT molecular complexity index is 397. The predicted octanol–water partition coefficient (Wildman–Crippen LogP) is 1.34. The monoisotopic (exact) mass is 283 g/mol. The van der Waals surface area contributed by atoms with E-state index in [4.69, 9.17) is 4.74 Å².